The van der Waals surface area contributed by atoms with Crippen molar-refractivity contribution in [3.63, 3.8) is 0 Å². The number of hydrogen-bond donors (Lipinski definition) is 0. The van der Waals surface area contributed by atoms with Crippen LogP contribution in [0.4, 0.5) is 0 Å². The summed E-state index contributed by atoms with van der Waals surface area (Å²) >= 11 is 0. The van der Waals surface area contributed by atoms with Crippen molar-refractivity contribution in [3.05, 3.63) is 30.2 Å². The summed E-state index contributed by atoms with van der Waals surface area (Å²) in [5.74, 6) is 0. The molecule has 88 valence electrons. The van der Waals surface area contributed by atoms with E-state index in [0.29, 0.717) is 0 Å². The van der Waals surface area contributed by atoms with Crippen molar-refractivity contribution in [2.45, 2.75) is 27.3 Å². The van der Waals surface area contributed by atoms with E-state index in [-0.39, 0.29) is 0 Å². The second kappa shape index (κ2) is 6.28. The predicted octanol–water partition coefficient (Wildman–Crippen LogP) is 2.97. The predicted molar refractivity (Wildman–Crippen MR) is 66.8 cm³/mol. The van der Waals surface area contributed by atoms with E-state index in [9.17, 15) is 0 Å². The Balaban J connectivity index is 0.000000606. The zero-order chi connectivity index (χ0) is 12.0. The highest BCUT2D eigenvalue weighted by Crippen LogP contribution is 2.23. The molecule has 16 heavy (non-hydrogen) atoms. The third-order valence-electron chi connectivity index (χ3n) is 2.37. The Kier molecular flexibility index (Phi) is 4.99. The minimum absolute atomic E-state index is 0.732. The lowest BCUT2D eigenvalue weighted by Gasteiger charge is -2.07. The quantitative estimate of drug-likeness (QED) is 0.795. The second-order valence-electron chi connectivity index (χ2n) is 3.42. The maximum Gasteiger partial charge on any atom is 0.0867 e. The highest BCUT2D eigenvalue weighted by molar-refractivity contribution is 5.64. The minimum Gasteiger partial charge on any atom is -0.383 e. The fourth-order valence-electron chi connectivity index (χ4n) is 1.53. The van der Waals surface area contributed by atoms with Crippen LogP contribution in [-0.4, -0.2) is 23.3 Å². The van der Waals surface area contributed by atoms with Crippen LogP contribution in [-0.2, 0) is 11.3 Å². The first-order valence-corrected chi connectivity index (χ1v) is 5.71. The van der Waals surface area contributed by atoms with E-state index < -0.39 is 0 Å². The molecule has 0 atom stereocenters. The number of rotatable bonds is 3. The molecule has 0 fully saturated rings. The van der Waals surface area contributed by atoms with Crippen LogP contribution in [0.15, 0.2) is 24.7 Å². The highest BCUT2D eigenvalue weighted by atomic mass is 16.5. The largest absolute Gasteiger partial charge is 0.383 e. The zero-order valence-electron chi connectivity index (χ0n) is 10.5. The van der Waals surface area contributed by atoms with Crippen LogP contribution < -0.4 is 0 Å². The normalized spacial score (nSPS) is 10.0. The van der Waals surface area contributed by atoms with E-state index >= 15 is 0 Å². The van der Waals surface area contributed by atoms with Gasteiger partial charge in [-0.1, -0.05) is 13.8 Å². The number of fused-ring (bicyclic) bond motifs is 1. The molecule has 0 radical (unpaired) electrons. The zero-order valence-corrected chi connectivity index (χ0v) is 10.5. The van der Waals surface area contributed by atoms with Crippen LogP contribution in [0.1, 0.15) is 19.4 Å². The van der Waals surface area contributed by atoms with Gasteiger partial charge in [0.2, 0.25) is 0 Å². The van der Waals surface area contributed by atoms with Gasteiger partial charge in [0.15, 0.2) is 0 Å². The lowest BCUT2D eigenvalue weighted by Crippen LogP contribution is -2.04. The molecule has 0 aliphatic carbocycles. The molecular weight excluding hydrogens is 200 g/mol. The molecule has 0 amide bonds. The molecule has 2 aliphatic heterocycles. The maximum atomic E-state index is 5.02. The number of pyridine rings is 1. The van der Waals surface area contributed by atoms with Gasteiger partial charge in [0, 0.05) is 37.8 Å². The Bertz CT molecular complexity index is 395. The van der Waals surface area contributed by atoms with Gasteiger partial charge in [0.25, 0.3) is 0 Å². The van der Waals surface area contributed by atoms with Gasteiger partial charge < -0.3 is 9.30 Å². The van der Waals surface area contributed by atoms with Gasteiger partial charge in [-0.3, -0.25) is 4.98 Å². The summed E-state index contributed by atoms with van der Waals surface area (Å²) in [4.78, 5) is 4.33. The first-order valence-electron chi connectivity index (χ1n) is 5.71. The summed E-state index contributed by atoms with van der Waals surface area (Å²) in [5, 5.41) is 0. The average molecular weight is 220 g/mol. The summed E-state index contributed by atoms with van der Waals surface area (Å²) < 4.78 is 7.12. The Morgan fingerprint density at radius 3 is 2.81 bits per heavy atom. The van der Waals surface area contributed by atoms with Crippen molar-refractivity contribution in [2.75, 3.05) is 13.7 Å². The summed E-state index contributed by atoms with van der Waals surface area (Å²) in [6, 6.07) is 2.10. The molecule has 2 heterocycles. The number of hydrogen-bond acceptors (Lipinski definition) is 2. The monoisotopic (exact) mass is 220 g/mol. The number of nitrogens with zero attached hydrogens (tertiary/aromatic N) is 2. The van der Waals surface area contributed by atoms with E-state index in [4.69, 9.17) is 4.74 Å². The van der Waals surface area contributed by atoms with E-state index in [1.165, 1.54) is 11.1 Å². The number of aryl methyl sites for hydroxylation is 1. The molecule has 0 saturated carbocycles. The molecular formula is C13H20N2O. The molecule has 0 aromatic rings. The van der Waals surface area contributed by atoms with Crippen LogP contribution in [0.2, 0.25) is 0 Å². The number of aromatic nitrogens is 2. The number of methoxy groups -OCH3 is 1. The van der Waals surface area contributed by atoms with Crippen LogP contribution in [0, 0.1) is 6.92 Å². The van der Waals surface area contributed by atoms with E-state index in [2.05, 4.69) is 34.9 Å². The molecule has 2 aliphatic rings. The second-order valence-corrected chi connectivity index (χ2v) is 3.42. The van der Waals surface area contributed by atoms with Crippen LogP contribution in [0.3, 0.4) is 0 Å². The topological polar surface area (TPSA) is 27.1 Å². The van der Waals surface area contributed by atoms with Crippen molar-refractivity contribution in [1.82, 2.24) is 9.55 Å². The van der Waals surface area contributed by atoms with Gasteiger partial charge in [0.1, 0.15) is 0 Å². The Morgan fingerprint density at radius 2 is 2.12 bits per heavy atom. The van der Waals surface area contributed by atoms with Crippen molar-refractivity contribution in [2.24, 2.45) is 0 Å². The first-order chi connectivity index (χ1) is 7.81. The molecule has 3 nitrogen and oxygen atoms in total. The van der Waals surface area contributed by atoms with Crippen LogP contribution in [0.25, 0.3) is 11.3 Å². The lowest BCUT2D eigenvalue weighted by molar-refractivity contribution is 0.187. The average Bonchev–Trinajstić information content (AvgIpc) is 2.71. The standard InChI is InChI=1S/C11H14N2O.C2H6/c1-9-7-12-11-8-13(5-6-14-2)4-3-10(9)11;1-2/h3-4,7-8H,5-6H2,1-2H3;1-2H3. The summed E-state index contributed by atoms with van der Waals surface area (Å²) in [6.45, 7) is 7.68. The number of ether oxygens (including phenoxy) is 1. The molecule has 0 unspecified atom stereocenters. The van der Waals surface area contributed by atoms with Crippen molar-refractivity contribution >= 4 is 0 Å². The van der Waals surface area contributed by atoms with E-state index in [0.717, 1.165) is 18.8 Å². The maximum absolute atomic E-state index is 5.02. The molecule has 0 aromatic carbocycles. The minimum atomic E-state index is 0.732. The Morgan fingerprint density at radius 1 is 1.38 bits per heavy atom. The van der Waals surface area contributed by atoms with Crippen molar-refractivity contribution in [1.29, 1.82) is 0 Å². The SMILES string of the molecule is CC.COCCn1ccc2c(C)cnc-2c1. The Hall–Kier alpha value is -1.35. The molecule has 2 rings (SSSR count). The fraction of sp³-hybridized carbons (Fsp3) is 0.462. The molecule has 0 N–H and O–H groups in total. The van der Waals surface area contributed by atoms with Gasteiger partial charge in [0.05, 0.1) is 12.3 Å². The van der Waals surface area contributed by atoms with Crippen molar-refractivity contribution < 1.29 is 4.74 Å². The third kappa shape index (κ3) is 2.83. The van der Waals surface area contributed by atoms with Gasteiger partial charge >= 0.3 is 0 Å². The van der Waals surface area contributed by atoms with Gasteiger partial charge in [-0.2, -0.15) is 0 Å². The molecule has 0 spiro atoms. The molecule has 0 aromatic heterocycles. The third-order valence-corrected chi connectivity index (χ3v) is 2.37. The Labute approximate surface area is 97.4 Å². The summed E-state index contributed by atoms with van der Waals surface area (Å²) in [5.41, 5.74) is 3.53. The lowest BCUT2D eigenvalue weighted by atomic mass is 10.1. The van der Waals surface area contributed by atoms with Gasteiger partial charge in [-0.05, 0) is 18.6 Å². The van der Waals surface area contributed by atoms with E-state index in [1.807, 2.05) is 20.0 Å². The van der Waals surface area contributed by atoms with Crippen LogP contribution in [0.5, 0.6) is 0 Å². The molecule has 0 saturated heterocycles. The first kappa shape index (κ1) is 12.7. The summed E-state index contributed by atoms with van der Waals surface area (Å²) in [6.07, 6.45) is 6.03. The smallest absolute Gasteiger partial charge is 0.0867 e. The van der Waals surface area contributed by atoms with Crippen LogP contribution >= 0.6 is 0 Å². The highest BCUT2D eigenvalue weighted by Gasteiger charge is 2.07. The van der Waals surface area contributed by atoms with Gasteiger partial charge in [-0.15, -0.1) is 0 Å². The van der Waals surface area contributed by atoms with Gasteiger partial charge in [-0.25, -0.2) is 0 Å². The van der Waals surface area contributed by atoms with Crippen molar-refractivity contribution in [3.8, 4) is 11.3 Å². The fourth-order valence-corrected chi connectivity index (χ4v) is 1.53. The molecule has 3 heteroatoms. The summed E-state index contributed by atoms with van der Waals surface area (Å²) in [7, 11) is 1.71. The van der Waals surface area contributed by atoms with E-state index in [1.54, 1.807) is 7.11 Å². The molecule has 0 bridgehead atoms.